The van der Waals surface area contributed by atoms with Crippen molar-refractivity contribution in [2.24, 2.45) is 5.84 Å². The molecule has 1 heterocycles. The van der Waals surface area contributed by atoms with E-state index in [1.807, 2.05) is 29.6 Å². The summed E-state index contributed by atoms with van der Waals surface area (Å²) in [7, 11) is 0. The lowest BCUT2D eigenvalue weighted by molar-refractivity contribution is 0.521. The molecule has 6 heteroatoms. The number of nitrogens with one attached hydrogen (secondary N) is 1. The summed E-state index contributed by atoms with van der Waals surface area (Å²) in [6.07, 6.45) is 0.658. The number of hydrogen-bond donors (Lipinski definition) is 2. The van der Waals surface area contributed by atoms with Crippen LogP contribution in [0.2, 0.25) is 5.02 Å². The predicted octanol–water partition coefficient (Wildman–Crippen LogP) is 2.70. The fourth-order valence-electron chi connectivity index (χ4n) is 1.98. The van der Waals surface area contributed by atoms with Crippen LogP contribution in [0.3, 0.4) is 0 Å². The molecular formula is C12H16ClFN2S2. The summed E-state index contributed by atoms with van der Waals surface area (Å²) in [4.78, 5) is 0. The van der Waals surface area contributed by atoms with Gasteiger partial charge in [0.25, 0.3) is 0 Å². The second-order valence-corrected chi connectivity index (χ2v) is 7.05. The highest BCUT2D eigenvalue weighted by Gasteiger charge is 2.24. The van der Waals surface area contributed by atoms with E-state index in [9.17, 15) is 4.39 Å². The maximum atomic E-state index is 13.4. The van der Waals surface area contributed by atoms with E-state index >= 15 is 0 Å². The third-order valence-electron chi connectivity index (χ3n) is 2.98. The fraction of sp³-hybridized carbons (Fsp3) is 0.500. The highest BCUT2D eigenvalue weighted by Crippen LogP contribution is 2.29. The van der Waals surface area contributed by atoms with Gasteiger partial charge in [0, 0.05) is 28.6 Å². The van der Waals surface area contributed by atoms with E-state index < -0.39 is 0 Å². The first-order valence-electron chi connectivity index (χ1n) is 5.80. The van der Waals surface area contributed by atoms with Gasteiger partial charge >= 0.3 is 0 Å². The molecule has 2 unspecified atom stereocenters. The SMILES string of the molecule is NNC(Cc1cccc(F)c1Cl)C1CSCCS1. The second kappa shape index (κ2) is 7.01. The molecule has 1 aromatic rings. The molecule has 100 valence electrons. The molecule has 18 heavy (non-hydrogen) atoms. The number of halogens is 2. The molecule has 1 saturated heterocycles. The Hall–Kier alpha value is 0.0600. The van der Waals surface area contributed by atoms with Crippen molar-refractivity contribution >= 4 is 35.1 Å². The zero-order chi connectivity index (χ0) is 13.0. The highest BCUT2D eigenvalue weighted by molar-refractivity contribution is 8.06. The molecule has 0 spiro atoms. The minimum Gasteiger partial charge on any atom is -0.271 e. The van der Waals surface area contributed by atoms with Gasteiger partial charge in [0.2, 0.25) is 0 Å². The Morgan fingerprint density at radius 1 is 1.50 bits per heavy atom. The largest absolute Gasteiger partial charge is 0.271 e. The van der Waals surface area contributed by atoms with Gasteiger partial charge in [0.15, 0.2) is 0 Å². The zero-order valence-electron chi connectivity index (χ0n) is 9.86. The Labute approximate surface area is 120 Å². The third-order valence-corrected chi connectivity index (χ3v) is 6.32. The number of nitrogens with two attached hydrogens (primary N) is 1. The van der Waals surface area contributed by atoms with Crippen molar-refractivity contribution in [3.63, 3.8) is 0 Å². The molecule has 2 atom stereocenters. The van der Waals surface area contributed by atoms with Gasteiger partial charge in [0.1, 0.15) is 5.82 Å². The maximum absolute atomic E-state index is 13.4. The Morgan fingerprint density at radius 3 is 3.00 bits per heavy atom. The third kappa shape index (κ3) is 3.54. The number of rotatable bonds is 4. The lowest BCUT2D eigenvalue weighted by atomic mass is 10.0. The first-order chi connectivity index (χ1) is 8.72. The molecule has 0 bridgehead atoms. The molecule has 3 N–H and O–H groups in total. The van der Waals surface area contributed by atoms with E-state index in [1.54, 1.807) is 6.07 Å². The van der Waals surface area contributed by atoms with E-state index in [2.05, 4.69) is 5.43 Å². The molecule has 1 aromatic carbocycles. The molecule has 1 fully saturated rings. The van der Waals surface area contributed by atoms with Gasteiger partial charge < -0.3 is 0 Å². The van der Waals surface area contributed by atoms with E-state index in [0.29, 0.717) is 11.7 Å². The first-order valence-corrected chi connectivity index (χ1v) is 8.39. The van der Waals surface area contributed by atoms with E-state index in [4.69, 9.17) is 17.4 Å². The number of hydrazine groups is 1. The lowest BCUT2D eigenvalue weighted by Crippen LogP contribution is -2.46. The van der Waals surface area contributed by atoms with Crippen LogP contribution in [-0.4, -0.2) is 28.6 Å². The van der Waals surface area contributed by atoms with Crippen molar-refractivity contribution in [2.75, 3.05) is 17.3 Å². The van der Waals surface area contributed by atoms with E-state index in [-0.39, 0.29) is 16.9 Å². The Morgan fingerprint density at radius 2 is 2.33 bits per heavy atom. The minimum atomic E-state index is -0.365. The molecule has 0 amide bonds. The van der Waals surface area contributed by atoms with Crippen molar-refractivity contribution < 1.29 is 4.39 Å². The molecule has 2 nitrogen and oxygen atoms in total. The smallest absolute Gasteiger partial charge is 0.142 e. The minimum absolute atomic E-state index is 0.127. The van der Waals surface area contributed by atoms with Crippen LogP contribution in [0.1, 0.15) is 5.56 Å². The molecule has 0 aromatic heterocycles. The first kappa shape index (κ1) is 14.5. The van der Waals surface area contributed by atoms with Crippen molar-refractivity contribution in [1.82, 2.24) is 5.43 Å². The van der Waals surface area contributed by atoms with Gasteiger partial charge in [-0.2, -0.15) is 23.5 Å². The van der Waals surface area contributed by atoms with Gasteiger partial charge in [0.05, 0.1) is 5.02 Å². The van der Waals surface area contributed by atoms with Crippen LogP contribution in [-0.2, 0) is 6.42 Å². The summed E-state index contributed by atoms with van der Waals surface area (Å²) in [6.45, 7) is 0. The summed E-state index contributed by atoms with van der Waals surface area (Å²) in [6, 6.07) is 5.05. The van der Waals surface area contributed by atoms with Gasteiger partial charge in [-0.25, -0.2) is 4.39 Å². The van der Waals surface area contributed by atoms with Crippen LogP contribution in [0.25, 0.3) is 0 Å². The van der Waals surface area contributed by atoms with Crippen molar-refractivity contribution in [1.29, 1.82) is 0 Å². The lowest BCUT2D eigenvalue weighted by Gasteiger charge is -2.29. The van der Waals surface area contributed by atoms with E-state index in [1.165, 1.54) is 11.8 Å². The van der Waals surface area contributed by atoms with Crippen LogP contribution in [0.5, 0.6) is 0 Å². The van der Waals surface area contributed by atoms with Crippen LogP contribution in [0.15, 0.2) is 18.2 Å². The summed E-state index contributed by atoms with van der Waals surface area (Å²) in [5.74, 6) is 8.68. The number of benzene rings is 1. The highest BCUT2D eigenvalue weighted by atomic mass is 35.5. The second-order valence-electron chi connectivity index (χ2n) is 4.17. The summed E-state index contributed by atoms with van der Waals surface area (Å²) in [5, 5.41) is 0.666. The summed E-state index contributed by atoms with van der Waals surface area (Å²) in [5.41, 5.74) is 3.67. The van der Waals surface area contributed by atoms with E-state index in [0.717, 1.165) is 17.1 Å². The van der Waals surface area contributed by atoms with Gasteiger partial charge in [-0.3, -0.25) is 11.3 Å². The predicted molar refractivity (Wildman–Crippen MR) is 79.8 cm³/mol. The van der Waals surface area contributed by atoms with Crippen molar-refractivity contribution in [2.45, 2.75) is 17.7 Å². The topological polar surface area (TPSA) is 38.0 Å². The van der Waals surface area contributed by atoms with Crippen LogP contribution in [0.4, 0.5) is 4.39 Å². The molecule has 2 rings (SSSR count). The van der Waals surface area contributed by atoms with Crippen molar-refractivity contribution in [3.05, 3.63) is 34.6 Å². The Bertz CT molecular complexity index is 400. The Kier molecular flexibility index (Phi) is 5.63. The Balaban J connectivity index is 2.07. The van der Waals surface area contributed by atoms with Crippen LogP contribution in [0, 0.1) is 5.82 Å². The zero-order valence-corrected chi connectivity index (χ0v) is 12.3. The van der Waals surface area contributed by atoms with Gasteiger partial charge in [-0.1, -0.05) is 23.7 Å². The standard InChI is InChI=1S/C12H16ClFN2S2/c13-12-8(2-1-3-9(12)14)6-10(16-15)11-7-17-4-5-18-11/h1-3,10-11,16H,4-7,15H2. The van der Waals surface area contributed by atoms with Crippen LogP contribution < -0.4 is 11.3 Å². The average molecular weight is 307 g/mol. The van der Waals surface area contributed by atoms with Gasteiger partial charge in [-0.05, 0) is 18.1 Å². The quantitative estimate of drug-likeness (QED) is 0.662. The molecule has 0 radical (unpaired) electrons. The maximum Gasteiger partial charge on any atom is 0.142 e. The van der Waals surface area contributed by atoms with Crippen molar-refractivity contribution in [3.8, 4) is 0 Å². The normalized spacial score (nSPS) is 21.8. The molecule has 1 aliphatic heterocycles. The number of hydrogen-bond acceptors (Lipinski definition) is 4. The monoisotopic (exact) mass is 306 g/mol. The summed E-state index contributed by atoms with van der Waals surface area (Å²) >= 11 is 9.84. The number of thioether (sulfide) groups is 2. The van der Waals surface area contributed by atoms with Gasteiger partial charge in [-0.15, -0.1) is 0 Å². The average Bonchev–Trinajstić information content (AvgIpc) is 2.41. The fourth-order valence-corrected chi connectivity index (χ4v) is 5.05. The molecule has 0 aliphatic carbocycles. The molecule has 0 saturated carbocycles. The summed E-state index contributed by atoms with van der Waals surface area (Å²) < 4.78 is 13.4. The van der Waals surface area contributed by atoms with Crippen LogP contribution >= 0.6 is 35.1 Å². The molecule has 1 aliphatic rings. The molecular weight excluding hydrogens is 291 g/mol.